The fraction of sp³-hybridized carbons (Fsp3) is 0.438. The third-order valence-electron chi connectivity index (χ3n) is 3.82. The summed E-state index contributed by atoms with van der Waals surface area (Å²) >= 11 is 7.34. The third-order valence-corrected chi connectivity index (χ3v) is 5.04. The summed E-state index contributed by atoms with van der Waals surface area (Å²) in [6, 6.07) is 5.91. The highest BCUT2D eigenvalue weighted by atomic mass is 35.5. The van der Waals surface area contributed by atoms with Gasteiger partial charge in [-0.15, -0.1) is 22.9 Å². The summed E-state index contributed by atoms with van der Waals surface area (Å²) in [6.45, 7) is 3.77. The van der Waals surface area contributed by atoms with Crippen LogP contribution < -0.4 is 0 Å². The van der Waals surface area contributed by atoms with Gasteiger partial charge in [-0.25, -0.2) is 9.37 Å². The quantitative estimate of drug-likeness (QED) is 0.718. The lowest BCUT2D eigenvalue weighted by Gasteiger charge is -2.20. The molecule has 0 spiro atoms. The van der Waals surface area contributed by atoms with Crippen molar-refractivity contribution in [3.63, 3.8) is 0 Å². The van der Waals surface area contributed by atoms with E-state index in [0.29, 0.717) is 18.5 Å². The zero-order valence-corrected chi connectivity index (χ0v) is 13.6. The molecule has 0 amide bonds. The average molecular weight is 325 g/mol. The second kappa shape index (κ2) is 6.42. The minimum absolute atomic E-state index is 0.132. The van der Waals surface area contributed by atoms with Crippen molar-refractivity contribution < 1.29 is 4.39 Å². The van der Waals surface area contributed by atoms with Gasteiger partial charge in [-0.1, -0.05) is 6.92 Å². The summed E-state index contributed by atoms with van der Waals surface area (Å²) in [6.07, 6.45) is 2.47. The van der Waals surface area contributed by atoms with E-state index in [0.717, 1.165) is 28.4 Å². The van der Waals surface area contributed by atoms with Gasteiger partial charge in [-0.3, -0.25) is 4.90 Å². The molecule has 0 saturated heterocycles. The Balaban J connectivity index is 1.84. The normalized spacial score (nSPS) is 14.9. The van der Waals surface area contributed by atoms with Crippen LogP contribution in [-0.2, 0) is 12.4 Å². The second-order valence-electron chi connectivity index (χ2n) is 5.38. The van der Waals surface area contributed by atoms with Gasteiger partial charge in [-0.2, -0.15) is 0 Å². The van der Waals surface area contributed by atoms with Crippen LogP contribution in [-0.4, -0.2) is 22.5 Å². The molecule has 3 rings (SSSR count). The molecule has 1 heterocycles. The molecule has 0 bridgehead atoms. The van der Waals surface area contributed by atoms with Gasteiger partial charge in [0.15, 0.2) is 0 Å². The fourth-order valence-electron chi connectivity index (χ4n) is 2.49. The molecule has 0 unspecified atom stereocenters. The second-order valence-corrected chi connectivity index (χ2v) is 6.50. The lowest BCUT2D eigenvalue weighted by molar-refractivity contribution is 0.265. The van der Waals surface area contributed by atoms with E-state index in [9.17, 15) is 4.39 Å². The minimum atomic E-state index is -0.132. The Bertz CT molecular complexity index is 624. The van der Waals surface area contributed by atoms with Crippen LogP contribution in [0.5, 0.6) is 0 Å². The first-order valence-corrected chi connectivity index (χ1v) is 8.66. The summed E-state index contributed by atoms with van der Waals surface area (Å²) < 4.78 is 14.1. The Morgan fingerprint density at radius 3 is 2.86 bits per heavy atom. The van der Waals surface area contributed by atoms with Crippen LogP contribution in [0.25, 0.3) is 10.6 Å². The Morgan fingerprint density at radius 2 is 2.24 bits per heavy atom. The lowest BCUT2D eigenvalue weighted by Crippen LogP contribution is -2.25. The highest BCUT2D eigenvalue weighted by Gasteiger charge is 2.28. The van der Waals surface area contributed by atoms with Crippen molar-refractivity contribution in [1.82, 2.24) is 9.88 Å². The number of aromatic nitrogens is 1. The Morgan fingerprint density at radius 1 is 1.43 bits per heavy atom. The Labute approximate surface area is 133 Å². The minimum Gasteiger partial charge on any atom is -0.296 e. The third kappa shape index (κ3) is 3.44. The van der Waals surface area contributed by atoms with Crippen molar-refractivity contribution in [2.24, 2.45) is 0 Å². The molecule has 0 N–H and O–H groups in total. The molecule has 0 aliphatic heterocycles. The van der Waals surface area contributed by atoms with E-state index in [1.165, 1.54) is 12.8 Å². The van der Waals surface area contributed by atoms with Crippen molar-refractivity contribution in [2.45, 2.75) is 38.2 Å². The van der Waals surface area contributed by atoms with Gasteiger partial charge in [0.25, 0.3) is 0 Å². The molecule has 0 radical (unpaired) electrons. The molecule has 1 aliphatic carbocycles. The van der Waals surface area contributed by atoms with Gasteiger partial charge in [0.05, 0.1) is 11.6 Å². The summed E-state index contributed by atoms with van der Waals surface area (Å²) in [5.41, 5.74) is 2.60. The van der Waals surface area contributed by atoms with Gasteiger partial charge in [0.2, 0.25) is 0 Å². The van der Waals surface area contributed by atoms with Crippen molar-refractivity contribution in [3.8, 4) is 10.6 Å². The maximum Gasteiger partial charge on any atom is 0.127 e. The monoisotopic (exact) mass is 324 g/mol. The molecule has 2 nitrogen and oxygen atoms in total. The van der Waals surface area contributed by atoms with Crippen LogP contribution in [0.4, 0.5) is 4.39 Å². The van der Waals surface area contributed by atoms with E-state index in [2.05, 4.69) is 16.8 Å². The molecular formula is C16H18ClFN2S. The highest BCUT2D eigenvalue weighted by molar-refractivity contribution is 7.13. The van der Waals surface area contributed by atoms with Gasteiger partial charge in [-0.05, 0) is 37.6 Å². The smallest absolute Gasteiger partial charge is 0.127 e. The van der Waals surface area contributed by atoms with Gasteiger partial charge in [0, 0.05) is 29.1 Å². The zero-order chi connectivity index (χ0) is 14.8. The number of thiazole rings is 1. The van der Waals surface area contributed by atoms with E-state index in [1.54, 1.807) is 23.5 Å². The van der Waals surface area contributed by atoms with Crippen LogP contribution in [0.2, 0.25) is 0 Å². The SMILES string of the molecule is CCN(Cc1cc(-c2nc(CCl)cs2)ccc1F)C1CC1. The molecule has 0 atom stereocenters. The van der Waals surface area contributed by atoms with Crippen molar-refractivity contribution >= 4 is 22.9 Å². The van der Waals surface area contributed by atoms with Crippen LogP contribution in [0, 0.1) is 5.82 Å². The predicted molar refractivity (Wildman–Crippen MR) is 86.2 cm³/mol. The molecular weight excluding hydrogens is 307 g/mol. The standard InChI is InChI=1S/C16H18ClFN2S/c1-2-20(14-4-5-14)9-12-7-11(3-6-15(12)18)16-19-13(8-17)10-21-16/h3,6-7,10,14H,2,4-5,8-9H2,1H3. The molecule has 5 heteroatoms. The maximum atomic E-state index is 14.1. The van der Waals surface area contributed by atoms with E-state index < -0.39 is 0 Å². The van der Waals surface area contributed by atoms with Gasteiger partial charge >= 0.3 is 0 Å². The van der Waals surface area contributed by atoms with E-state index in [4.69, 9.17) is 11.6 Å². The van der Waals surface area contributed by atoms with E-state index >= 15 is 0 Å². The predicted octanol–water partition coefficient (Wildman–Crippen LogP) is 4.67. The summed E-state index contributed by atoms with van der Waals surface area (Å²) in [4.78, 5) is 6.81. The number of nitrogens with zero attached hydrogens (tertiary/aromatic N) is 2. The number of alkyl halides is 1. The summed E-state index contributed by atoms with van der Waals surface area (Å²) in [7, 11) is 0. The molecule has 1 aromatic heterocycles. The summed E-state index contributed by atoms with van der Waals surface area (Å²) in [5, 5.41) is 2.86. The van der Waals surface area contributed by atoms with Crippen molar-refractivity contribution in [3.05, 3.63) is 40.7 Å². The number of hydrogen-bond donors (Lipinski definition) is 0. The van der Waals surface area contributed by atoms with Crippen molar-refractivity contribution in [2.75, 3.05) is 6.54 Å². The first-order chi connectivity index (χ1) is 10.2. The van der Waals surface area contributed by atoms with Crippen LogP contribution in [0.15, 0.2) is 23.6 Å². The van der Waals surface area contributed by atoms with Gasteiger partial charge < -0.3 is 0 Å². The number of halogens is 2. The van der Waals surface area contributed by atoms with Crippen LogP contribution in [0.1, 0.15) is 31.0 Å². The first kappa shape index (κ1) is 14.9. The fourth-order valence-corrected chi connectivity index (χ4v) is 3.53. The Hall–Kier alpha value is -0.970. The molecule has 1 fully saturated rings. The first-order valence-electron chi connectivity index (χ1n) is 7.24. The molecule has 1 saturated carbocycles. The molecule has 2 aromatic rings. The number of benzene rings is 1. The molecule has 21 heavy (non-hydrogen) atoms. The summed E-state index contributed by atoms with van der Waals surface area (Å²) in [5.74, 6) is 0.280. The Kier molecular flexibility index (Phi) is 4.57. The van der Waals surface area contributed by atoms with Crippen LogP contribution >= 0.6 is 22.9 Å². The maximum absolute atomic E-state index is 14.1. The average Bonchev–Trinajstić information content (AvgIpc) is 3.23. The number of rotatable bonds is 6. The van der Waals surface area contributed by atoms with E-state index in [1.807, 2.05) is 11.4 Å². The molecule has 112 valence electrons. The largest absolute Gasteiger partial charge is 0.296 e. The van der Waals surface area contributed by atoms with E-state index in [-0.39, 0.29) is 5.82 Å². The molecule has 1 aliphatic rings. The highest BCUT2D eigenvalue weighted by Crippen LogP contribution is 2.30. The molecule has 1 aromatic carbocycles. The lowest BCUT2D eigenvalue weighted by atomic mass is 10.1. The van der Waals surface area contributed by atoms with Crippen LogP contribution in [0.3, 0.4) is 0 Å². The topological polar surface area (TPSA) is 16.1 Å². The van der Waals surface area contributed by atoms with Crippen molar-refractivity contribution in [1.29, 1.82) is 0 Å². The zero-order valence-electron chi connectivity index (χ0n) is 12.0. The van der Waals surface area contributed by atoms with Gasteiger partial charge in [0.1, 0.15) is 10.8 Å². The number of hydrogen-bond acceptors (Lipinski definition) is 3.